The fourth-order valence-corrected chi connectivity index (χ4v) is 5.41. The number of hydrogen-bond acceptors (Lipinski definition) is 7. The van der Waals surface area contributed by atoms with Gasteiger partial charge in [0.05, 0.1) is 23.8 Å². The lowest BCUT2D eigenvalue weighted by atomic mass is 10.1. The molecule has 2 aromatic carbocycles. The van der Waals surface area contributed by atoms with E-state index in [1.54, 1.807) is 36.4 Å². The van der Waals surface area contributed by atoms with Gasteiger partial charge in [-0.15, -0.1) is 0 Å². The van der Waals surface area contributed by atoms with Crippen molar-refractivity contribution in [1.29, 1.82) is 0 Å². The van der Waals surface area contributed by atoms with Crippen molar-refractivity contribution in [3.05, 3.63) is 72.1 Å². The molecule has 3 aromatic rings. The Labute approximate surface area is 282 Å². The van der Waals surface area contributed by atoms with Gasteiger partial charge in [-0.1, -0.05) is 104 Å². The molecule has 0 saturated heterocycles. The van der Waals surface area contributed by atoms with E-state index in [4.69, 9.17) is 14.2 Å². The van der Waals surface area contributed by atoms with Gasteiger partial charge in [-0.2, -0.15) is 0 Å². The van der Waals surface area contributed by atoms with Crippen molar-refractivity contribution >= 4 is 11.9 Å². The number of carbonyl (C=O) groups is 2. The van der Waals surface area contributed by atoms with Gasteiger partial charge in [0.2, 0.25) is 0 Å². The normalized spacial score (nSPS) is 11.6. The average molecular weight is 645 g/mol. The van der Waals surface area contributed by atoms with Crippen LogP contribution >= 0.6 is 0 Å². The molecule has 0 spiro atoms. The topological polar surface area (TPSA) is 87.6 Å². The quantitative estimate of drug-likeness (QED) is 0.0544. The van der Waals surface area contributed by atoms with Crippen molar-refractivity contribution in [1.82, 2.24) is 9.97 Å². The second-order valence-electron chi connectivity index (χ2n) is 12.5. The van der Waals surface area contributed by atoms with Crippen LogP contribution in [0.15, 0.2) is 60.9 Å². The van der Waals surface area contributed by atoms with E-state index >= 15 is 0 Å². The first kappa shape index (κ1) is 37.7. The molecule has 0 aliphatic carbocycles. The maximum absolute atomic E-state index is 12.7. The zero-order valence-corrected chi connectivity index (χ0v) is 29.0. The van der Waals surface area contributed by atoms with Crippen LogP contribution in [0.1, 0.15) is 151 Å². The number of benzene rings is 2. The molecule has 0 N–H and O–H groups in total. The van der Waals surface area contributed by atoms with E-state index in [9.17, 15) is 9.59 Å². The number of ether oxygens (including phenoxy) is 3. The Morgan fingerprint density at radius 1 is 0.596 bits per heavy atom. The summed E-state index contributed by atoms with van der Waals surface area (Å²) in [5.74, 6) is 0.778. The Balaban J connectivity index is 1.33. The van der Waals surface area contributed by atoms with Crippen LogP contribution in [0.3, 0.4) is 0 Å². The fraction of sp³-hybridized carbons (Fsp3) is 0.550. The number of esters is 2. The number of nitrogens with zero attached hydrogens (tertiary/aromatic N) is 2. The monoisotopic (exact) mass is 644 g/mol. The molecule has 0 unspecified atom stereocenters. The Hall–Kier alpha value is -3.74. The smallest absolute Gasteiger partial charge is 0.343 e. The van der Waals surface area contributed by atoms with Crippen molar-refractivity contribution < 1.29 is 23.8 Å². The van der Waals surface area contributed by atoms with Crippen LogP contribution in [-0.2, 0) is 4.74 Å². The lowest BCUT2D eigenvalue weighted by Crippen LogP contribution is -2.15. The van der Waals surface area contributed by atoms with E-state index in [2.05, 4.69) is 23.8 Å². The summed E-state index contributed by atoms with van der Waals surface area (Å²) in [6.07, 6.45) is 24.0. The standard InChI is InChI=1S/C40H56N2O5/c1-4-6-8-10-11-12-13-14-15-16-17-19-29-45-36-25-23-34(24-26-36)39(43)47-37-27-21-33(22-28-37)38-41-30-35(31-42-38)40(44)46-32(3)20-18-9-7-5-2/h21-28,30-32H,4-20,29H2,1-3H3/t32-/m0/s1. The van der Waals surface area contributed by atoms with Crippen molar-refractivity contribution in [3.8, 4) is 22.9 Å². The summed E-state index contributed by atoms with van der Waals surface area (Å²) in [7, 11) is 0. The highest BCUT2D eigenvalue weighted by Gasteiger charge is 2.14. The number of rotatable bonds is 24. The Morgan fingerprint density at radius 2 is 1.11 bits per heavy atom. The second-order valence-corrected chi connectivity index (χ2v) is 12.5. The molecule has 47 heavy (non-hydrogen) atoms. The summed E-state index contributed by atoms with van der Waals surface area (Å²) in [6.45, 7) is 7.04. The van der Waals surface area contributed by atoms with Crippen molar-refractivity contribution in [2.24, 2.45) is 0 Å². The Kier molecular flexibility index (Phi) is 18.2. The van der Waals surface area contributed by atoms with Gasteiger partial charge in [0.15, 0.2) is 5.82 Å². The molecule has 3 rings (SSSR count). The van der Waals surface area contributed by atoms with Gasteiger partial charge < -0.3 is 14.2 Å². The molecule has 7 nitrogen and oxygen atoms in total. The first-order valence-corrected chi connectivity index (χ1v) is 18.1. The molecule has 0 bridgehead atoms. The van der Waals surface area contributed by atoms with Crippen LogP contribution < -0.4 is 9.47 Å². The van der Waals surface area contributed by atoms with Crippen LogP contribution in [0.4, 0.5) is 0 Å². The molecule has 0 radical (unpaired) electrons. The predicted octanol–water partition coefficient (Wildman–Crippen LogP) is 11.0. The SMILES string of the molecule is CCCCCCCCCCCCCCOc1ccc(C(=O)Oc2ccc(-c3ncc(C(=O)O[C@@H](C)CCCCCC)cn3)cc2)cc1. The number of carbonyl (C=O) groups excluding carboxylic acids is 2. The van der Waals surface area contributed by atoms with E-state index in [0.29, 0.717) is 29.3 Å². The molecule has 0 aliphatic rings. The highest BCUT2D eigenvalue weighted by Crippen LogP contribution is 2.22. The molecule has 0 aliphatic heterocycles. The molecule has 1 heterocycles. The molecule has 1 atom stereocenters. The maximum atomic E-state index is 12.7. The van der Waals surface area contributed by atoms with E-state index in [1.165, 1.54) is 95.9 Å². The Bertz CT molecular complexity index is 1280. The minimum atomic E-state index is -0.441. The summed E-state index contributed by atoms with van der Waals surface area (Å²) in [5.41, 5.74) is 1.51. The van der Waals surface area contributed by atoms with Crippen LogP contribution in [0.2, 0.25) is 0 Å². The van der Waals surface area contributed by atoms with Crippen LogP contribution in [0.5, 0.6) is 11.5 Å². The molecular weight excluding hydrogens is 588 g/mol. The number of hydrogen-bond donors (Lipinski definition) is 0. The molecule has 0 saturated carbocycles. The fourth-order valence-electron chi connectivity index (χ4n) is 5.41. The van der Waals surface area contributed by atoms with Gasteiger partial charge >= 0.3 is 11.9 Å². The van der Waals surface area contributed by atoms with E-state index < -0.39 is 11.9 Å². The molecule has 7 heteroatoms. The molecule has 256 valence electrons. The van der Waals surface area contributed by atoms with Gasteiger partial charge in [0, 0.05) is 18.0 Å². The van der Waals surface area contributed by atoms with Crippen LogP contribution in [0, 0.1) is 0 Å². The van der Waals surface area contributed by atoms with Crippen LogP contribution in [-0.4, -0.2) is 34.6 Å². The first-order chi connectivity index (χ1) is 23.0. The zero-order valence-electron chi connectivity index (χ0n) is 29.0. The van der Waals surface area contributed by atoms with Gasteiger partial charge in [0.25, 0.3) is 0 Å². The summed E-state index contributed by atoms with van der Waals surface area (Å²) in [6, 6.07) is 14.0. The lowest BCUT2D eigenvalue weighted by Gasteiger charge is -2.13. The van der Waals surface area contributed by atoms with E-state index in [1.807, 2.05) is 19.1 Å². The van der Waals surface area contributed by atoms with E-state index in [-0.39, 0.29) is 6.10 Å². The van der Waals surface area contributed by atoms with E-state index in [0.717, 1.165) is 37.0 Å². The highest BCUT2D eigenvalue weighted by atomic mass is 16.5. The summed E-state index contributed by atoms with van der Waals surface area (Å²) in [5, 5.41) is 0. The molecule has 1 aromatic heterocycles. The number of aromatic nitrogens is 2. The van der Waals surface area contributed by atoms with Crippen molar-refractivity contribution in [3.63, 3.8) is 0 Å². The summed E-state index contributed by atoms with van der Waals surface area (Å²) >= 11 is 0. The van der Waals surface area contributed by atoms with Crippen LogP contribution in [0.25, 0.3) is 11.4 Å². The second kappa shape index (κ2) is 22.7. The third kappa shape index (κ3) is 15.1. The summed E-state index contributed by atoms with van der Waals surface area (Å²) in [4.78, 5) is 33.8. The molecule has 0 fully saturated rings. The van der Waals surface area contributed by atoms with Gasteiger partial charge in [-0.25, -0.2) is 19.6 Å². The minimum absolute atomic E-state index is 0.144. The highest BCUT2D eigenvalue weighted by molar-refractivity contribution is 5.91. The Morgan fingerprint density at radius 3 is 1.68 bits per heavy atom. The number of unbranched alkanes of at least 4 members (excludes halogenated alkanes) is 14. The third-order valence-electron chi connectivity index (χ3n) is 8.34. The lowest BCUT2D eigenvalue weighted by molar-refractivity contribution is 0.0318. The van der Waals surface area contributed by atoms with Crippen molar-refractivity contribution in [2.75, 3.05) is 6.61 Å². The molecule has 0 amide bonds. The van der Waals surface area contributed by atoms with Gasteiger partial charge in [-0.05, 0) is 74.7 Å². The average Bonchev–Trinajstić information content (AvgIpc) is 3.09. The minimum Gasteiger partial charge on any atom is -0.494 e. The van der Waals surface area contributed by atoms with Gasteiger partial charge in [0.1, 0.15) is 11.5 Å². The van der Waals surface area contributed by atoms with Gasteiger partial charge in [-0.3, -0.25) is 0 Å². The van der Waals surface area contributed by atoms with Crippen molar-refractivity contribution in [2.45, 2.75) is 136 Å². The predicted molar refractivity (Wildman–Crippen MR) is 189 cm³/mol. The maximum Gasteiger partial charge on any atom is 0.343 e. The largest absolute Gasteiger partial charge is 0.494 e. The molecular formula is C40H56N2O5. The third-order valence-corrected chi connectivity index (χ3v) is 8.34. The zero-order chi connectivity index (χ0) is 33.5. The first-order valence-electron chi connectivity index (χ1n) is 18.1. The summed E-state index contributed by atoms with van der Waals surface area (Å²) < 4.78 is 17.0.